The zero-order valence-corrected chi connectivity index (χ0v) is 86.5. The lowest BCUT2D eigenvalue weighted by atomic mass is 9.62. The Morgan fingerprint density at radius 3 is 1.57 bits per heavy atom. The molecule has 19 nitrogen and oxygen atoms in total. The molecule has 13 aromatic rings. The summed E-state index contributed by atoms with van der Waals surface area (Å²) in [6.07, 6.45) is 19.4. The van der Waals surface area contributed by atoms with Crippen LogP contribution in [0.1, 0.15) is 149 Å². The number of hydrogen-bond donors (Lipinski definition) is 9. The van der Waals surface area contributed by atoms with Crippen LogP contribution in [0, 0.1) is 45.8 Å². The largest absolute Gasteiger partial charge is 0.447 e. The van der Waals surface area contributed by atoms with Crippen molar-refractivity contribution in [1.29, 1.82) is 0 Å². The van der Waals surface area contributed by atoms with Crippen LogP contribution in [-0.4, -0.2) is 124 Å². The minimum atomic E-state index is -1.33. The predicted molar refractivity (Wildman–Crippen MR) is 571 cm³/mol. The Kier molecular flexibility index (Phi) is 30.8. The van der Waals surface area contributed by atoms with E-state index < -0.39 is 76.0 Å². The van der Waals surface area contributed by atoms with E-state index in [0.717, 1.165) is 84.4 Å². The van der Waals surface area contributed by atoms with Crippen molar-refractivity contribution in [3.8, 4) is 17.0 Å². The number of nitrogens with zero attached hydrogens (tertiary/aromatic N) is 3. The molecule has 1 fully saturated rings. The maximum Gasteiger partial charge on any atom is 0.439 e. The van der Waals surface area contributed by atoms with E-state index in [2.05, 4.69) is 91.6 Å². The predicted octanol–water partition coefficient (Wildman–Crippen LogP) is 27.7. The van der Waals surface area contributed by atoms with Gasteiger partial charge in [-0.2, -0.15) is 4.42 Å². The van der Waals surface area contributed by atoms with E-state index in [-0.39, 0.29) is 114 Å². The van der Waals surface area contributed by atoms with Crippen molar-refractivity contribution in [2.45, 2.75) is 157 Å². The number of carbonyl (C=O) groups excluding carboxylic acids is 6. The summed E-state index contributed by atoms with van der Waals surface area (Å²) in [5.74, 6) is -4.46. The van der Waals surface area contributed by atoms with Crippen molar-refractivity contribution in [2.24, 2.45) is 31.7 Å². The van der Waals surface area contributed by atoms with Crippen LogP contribution < -0.4 is 26.6 Å². The number of allylic oxidation sites excluding steroid dienone is 6. The number of hydrogen-bond acceptors (Lipinski definition) is 12. The second kappa shape index (κ2) is 42.5. The fourth-order valence-electron chi connectivity index (χ4n) is 21.1. The molecule has 9 aliphatic rings. The molecule has 0 radical (unpaired) electrons. The number of furan rings is 1. The normalized spacial score (nSPS) is 23.1. The maximum atomic E-state index is 14.9. The number of amides is 4. The van der Waals surface area contributed by atoms with Crippen LogP contribution in [0.15, 0.2) is 238 Å². The molecule has 22 rings (SSSR count). The van der Waals surface area contributed by atoms with Gasteiger partial charge in [-0.3, -0.25) is 39.1 Å². The molecule has 9 N–H and O–H groups in total. The molecule has 0 bridgehead atoms. The van der Waals surface area contributed by atoms with Gasteiger partial charge in [-0.25, -0.2) is 22.0 Å². The van der Waals surface area contributed by atoms with Gasteiger partial charge < -0.3 is 51.0 Å². The second-order valence-corrected chi connectivity index (χ2v) is 43.6. The molecule has 10 aromatic carbocycles. The van der Waals surface area contributed by atoms with E-state index >= 15 is 0 Å². The molecule has 145 heavy (non-hydrogen) atoms. The van der Waals surface area contributed by atoms with Gasteiger partial charge in [-0.1, -0.05) is 243 Å². The molecule has 1 aliphatic carbocycles. The molecule has 14 atom stereocenters. The second-order valence-electron chi connectivity index (χ2n) is 39.4. The number of fused-ring (bicyclic) bond motifs is 12. The lowest BCUT2D eigenvalue weighted by Gasteiger charge is -2.37. The molecule has 0 saturated carbocycles. The molecule has 1 saturated heterocycles. The average Bonchev–Trinajstić information content (AvgIpc) is 1.53. The van der Waals surface area contributed by atoms with Crippen molar-refractivity contribution in [3.63, 3.8) is 0 Å². The number of aromatic amines is 2. The molecule has 3 aromatic heterocycles. The Labute approximate surface area is 882 Å². The first kappa shape index (κ1) is 105. The van der Waals surface area contributed by atoms with Crippen LogP contribution in [-0.2, 0) is 44.6 Å². The van der Waals surface area contributed by atoms with E-state index in [1.165, 1.54) is 48.5 Å². The number of rotatable bonds is 13. The average molecular weight is 2160 g/mol. The highest BCUT2D eigenvalue weighted by Crippen LogP contribution is 2.60. The van der Waals surface area contributed by atoms with Gasteiger partial charge in [0.2, 0.25) is 29.3 Å². The lowest BCUT2D eigenvalue weighted by Crippen LogP contribution is -2.49. The van der Waals surface area contributed by atoms with Gasteiger partial charge in [0.05, 0.1) is 84.0 Å². The fraction of sp³-hybridized carbons (Fsp3) is 0.270. The first-order valence-electron chi connectivity index (χ1n) is 46.6. The van der Waals surface area contributed by atoms with Gasteiger partial charge in [0, 0.05) is 119 Å². The number of aromatic nitrogens is 2. The summed E-state index contributed by atoms with van der Waals surface area (Å²) in [7, 11) is 0. The van der Waals surface area contributed by atoms with Crippen molar-refractivity contribution in [2.75, 3.05) is 29.1 Å². The maximum absolute atomic E-state index is 14.9. The first-order valence-corrected chi connectivity index (χ1v) is 50.4. The Morgan fingerprint density at radius 1 is 0.552 bits per heavy atom. The van der Waals surface area contributed by atoms with Gasteiger partial charge in [0.25, 0.3) is 0 Å². The molecule has 3 spiro atoms. The van der Waals surface area contributed by atoms with Crippen molar-refractivity contribution >= 4 is 226 Å². The van der Waals surface area contributed by atoms with E-state index in [4.69, 9.17) is 135 Å². The minimum absolute atomic E-state index is 0.0123. The van der Waals surface area contributed by atoms with Crippen molar-refractivity contribution < 1.29 is 65.0 Å². The smallest absolute Gasteiger partial charge is 0.439 e. The molecule has 34 heteroatoms. The van der Waals surface area contributed by atoms with Gasteiger partial charge >= 0.3 is 12.2 Å². The van der Waals surface area contributed by atoms with Gasteiger partial charge in [0.15, 0.2) is 0 Å². The Bertz CT molecular complexity index is 7560. The third-order valence-corrected chi connectivity index (χ3v) is 30.2. The summed E-state index contributed by atoms with van der Waals surface area (Å²) in [5, 5.41) is 39.0. The Hall–Kier alpha value is -11.3. The highest BCUT2D eigenvalue weighted by molar-refractivity contribution is 6.35. The minimum Gasteiger partial charge on any atom is -0.447 e. The molecule has 748 valence electrons. The standard InChI is InChI=1S/C27H32Cl2FN3O4.C22H21Cl2FN2O.C18H13Cl2FN2O.C16H8Cl2FNO.C16H10ClFNO.C12H12ClNO/c1-26(2,3)12-21-27(17-10-19(30)18(29)11-20(17)32-25(27)37)22(14-5-4-6-15(28)9-14)23(33-21)24(36)31-8-7-16(35)13-34;1-21(2,3)10-19-22(15(11-26-19)12-5-4-6-13(23)7-12)14-8-17(25)16(24)9-18(14)27-20(22)28;1-9-18(13(8-22-9)10-3-2-4-11(19)5-10)12-6-15(21)14(20)7-16(12)23-17(18)24;17-9-3-1-2-8(4-9)11-7-21-16-15(11)10-5-13(19)12(18)6-14(10)20-16;17-12-7-14-10(6-13(12)18)15-11(8-20-16(15)19-14)9-4-2-1-3-5-9;1-8-12(7-15)11(6-14-8)9-3-2-4-10(13)5-9/h4-6,9-11,16,21-23,33-35H,7-8,12-13H2,1-3H3,(H,31,36)(H,32,37);4-9,11,15,19H,10H2,1-3H3,(H,27,28);2-9,13H,1H3,(H,23,24);1-7,20H;2-8,19H,1H2;2-8,11-12H,1H3/q;;;;+1;/t16?,21-,22+,23-,27+;15-,19-,22-;9?,13-,18-;;;/m111.../s1. The number of H-pyrrole nitrogens is 2. The van der Waals surface area contributed by atoms with Crippen LogP contribution in [0.25, 0.3) is 49.6 Å². The molecule has 11 heterocycles. The third-order valence-electron chi connectivity index (χ3n) is 27.6. The molecule has 5 unspecified atom stereocenters. The summed E-state index contributed by atoms with van der Waals surface area (Å²) in [4.78, 5) is 84.7. The highest BCUT2D eigenvalue weighted by Gasteiger charge is 2.67. The quantitative estimate of drug-likeness (QED) is 0.0229. The van der Waals surface area contributed by atoms with E-state index in [9.17, 15) is 51.0 Å². The number of aldehydes is 2. The summed E-state index contributed by atoms with van der Waals surface area (Å²) < 4.78 is 82.1. The molecular weight excluding hydrogens is 2070 g/mol. The van der Waals surface area contributed by atoms with Crippen LogP contribution in [0.3, 0.4) is 0 Å². The van der Waals surface area contributed by atoms with E-state index in [1.54, 1.807) is 67.3 Å². The number of aliphatic hydroxyl groups excluding tert-OH is 2. The summed E-state index contributed by atoms with van der Waals surface area (Å²) >= 11 is 60.2. The zero-order valence-electron chi connectivity index (χ0n) is 79.0. The zero-order chi connectivity index (χ0) is 104. The summed E-state index contributed by atoms with van der Waals surface area (Å²) in [6.45, 7) is 16.0. The topological polar surface area (TPSA) is 279 Å². The van der Waals surface area contributed by atoms with Crippen molar-refractivity contribution in [3.05, 3.63) is 342 Å². The van der Waals surface area contributed by atoms with Crippen LogP contribution in [0.5, 0.6) is 5.88 Å². The van der Waals surface area contributed by atoms with E-state index in [1.807, 2.05) is 132 Å². The Balaban J connectivity index is 0.000000122. The van der Waals surface area contributed by atoms with Gasteiger partial charge in [0.1, 0.15) is 63.4 Å². The van der Waals surface area contributed by atoms with Gasteiger partial charge in [-0.15, -0.1) is 0 Å². The van der Waals surface area contributed by atoms with Crippen LogP contribution in [0.2, 0.25) is 50.2 Å². The molecule has 4 amide bonds. The van der Waals surface area contributed by atoms with E-state index in [0.29, 0.717) is 88.9 Å². The van der Waals surface area contributed by atoms with Crippen LogP contribution >= 0.6 is 116 Å². The molecular formula is C111H96Cl10F5N10O9+. The van der Waals surface area contributed by atoms with Crippen LogP contribution in [0.4, 0.5) is 39.0 Å². The van der Waals surface area contributed by atoms with Crippen molar-refractivity contribution in [1.82, 2.24) is 20.6 Å². The number of aliphatic imine (C=N–C) groups is 3. The summed E-state index contributed by atoms with van der Waals surface area (Å²) in [6, 6.07) is 49.2. The number of nitrogens with one attached hydrogen (secondary N) is 7. The fourth-order valence-corrected chi connectivity index (χ4v) is 22.9. The third kappa shape index (κ3) is 20.6. The number of halogens is 15. The highest BCUT2D eigenvalue weighted by atomic mass is 35.5. The number of benzene rings is 10. The van der Waals surface area contributed by atoms with Gasteiger partial charge in [-0.05, 0) is 222 Å². The first-order chi connectivity index (χ1) is 69.0. The Morgan fingerprint density at radius 2 is 1.02 bits per heavy atom. The number of carbonyl (C=O) groups is 5. The number of aliphatic hydroxyl groups is 2. The summed E-state index contributed by atoms with van der Waals surface area (Å²) in [5.41, 5.74) is 9.73. The monoisotopic (exact) mass is 2160 g/mol. The molecule has 8 aliphatic heterocycles. The number of anilines is 3. The lowest BCUT2D eigenvalue weighted by molar-refractivity contribution is -0.360. The SMILES string of the molecule is CC(C)(C)C[C@H]1N=C[C@H](c2cccc(Cl)c2)[C@@]12C(=O)Nc1cc(Cl)c(F)cc12.CC(C)(C)C[C@H]1N[C@@H](C(=O)NCCC(O)CO)[C@H](c2cccc(Cl)c2)[C@@]12C(=O)Nc1cc(Cl)c(F)cc12.CC1N=CC(c2cccc(Cl)c2)C1C=O.CC1N=C[C@H](c2cccc(Cl)c2)[C@@]12C(=O)Nc1cc(Cl)c(F)cc12.Fc1cc2c(cc1Cl)[nH]c1occ(-c3cccc(Cl)c3)c12.Fc1cc2c3c([nH]c2cc1Cl)[O+]=CC3=C1C=CCC=C1.